The van der Waals surface area contributed by atoms with E-state index in [2.05, 4.69) is 19.8 Å². The predicted molar refractivity (Wildman–Crippen MR) is 67.4 cm³/mol. The summed E-state index contributed by atoms with van der Waals surface area (Å²) in [6, 6.07) is 1.79. The van der Waals surface area contributed by atoms with E-state index in [4.69, 9.17) is 16.7 Å². The lowest BCUT2D eigenvalue weighted by molar-refractivity contribution is 0.204. The van der Waals surface area contributed by atoms with E-state index < -0.39 is 0 Å². The first-order valence-corrected chi connectivity index (χ1v) is 6.23. The highest BCUT2D eigenvalue weighted by molar-refractivity contribution is 6.29. The molecule has 1 aromatic rings. The van der Waals surface area contributed by atoms with E-state index in [9.17, 15) is 0 Å². The summed E-state index contributed by atoms with van der Waals surface area (Å²) in [5.74, 6) is 0.885. The minimum Gasteiger partial charge on any atom is -0.395 e. The Labute approximate surface area is 106 Å². The number of aromatic nitrogens is 2. The second kappa shape index (κ2) is 6.14. The van der Waals surface area contributed by atoms with Crippen LogP contribution in [0.4, 0.5) is 5.82 Å². The highest BCUT2D eigenvalue weighted by atomic mass is 35.5. The van der Waals surface area contributed by atoms with Gasteiger partial charge in [-0.25, -0.2) is 9.97 Å². The number of nitrogens with zero attached hydrogens (tertiary/aromatic N) is 4. The first-order valence-electron chi connectivity index (χ1n) is 5.85. The molecule has 0 aliphatic carbocycles. The van der Waals surface area contributed by atoms with Crippen LogP contribution in [0.2, 0.25) is 5.15 Å². The minimum atomic E-state index is 0.222. The molecular formula is C11H17ClN4O. The van der Waals surface area contributed by atoms with Gasteiger partial charge in [0.15, 0.2) is 0 Å². The topological polar surface area (TPSA) is 52.5 Å². The summed E-state index contributed by atoms with van der Waals surface area (Å²) in [7, 11) is 0. The average Bonchev–Trinajstić information content (AvgIpc) is 2.55. The number of β-amino-alcohol motifs (C(OH)–C–C–N with tert-alkyl or cyclic N) is 1. The van der Waals surface area contributed by atoms with Crippen molar-refractivity contribution in [2.75, 3.05) is 44.2 Å². The highest BCUT2D eigenvalue weighted by Gasteiger charge is 2.15. The maximum absolute atomic E-state index is 8.94. The first kappa shape index (κ1) is 12.5. The van der Waals surface area contributed by atoms with Crippen LogP contribution >= 0.6 is 11.6 Å². The molecule has 0 radical (unpaired) electrons. The summed E-state index contributed by atoms with van der Waals surface area (Å²) in [6.07, 6.45) is 2.57. The third-order valence-corrected chi connectivity index (χ3v) is 3.15. The molecule has 1 aromatic heterocycles. The third kappa shape index (κ3) is 3.52. The number of aliphatic hydroxyl groups is 1. The molecule has 2 rings (SSSR count). The van der Waals surface area contributed by atoms with Crippen LogP contribution in [0.1, 0.15) is 6.42 Å². The largest absolute Gasteiger partial charge is 0.395 e. The van der Waals surface area contributed by atoms with E-state index in [-0.39, 0.29) is 6.61 Å². The van der Waals surface area contributed by atoms with Crippen molar-refractivity contribution in [3.63, 3.8) is 0 Å². The number of hydrogen-bond acceptors (Lipinski definition) is 5. The highest BCUT2D eigenvalue weighted by Crippen LogP contribution is 2.16. The van der Waals surface area contributed by atoms with E-state index in [0.717, 1.165) is 45.0 Å². The van der Waals surface area contributed by atoms with Crippen LogP contribution in [0.25, 0.3) is 0 Å². The summed E-state index contributed by atoms with van der Waals surface area (Å²) < 4.78 is 0. The molecule has 2 heterocycles. The van der Waals surface area contributed by atoms with Crippen molar-refractivity contribution >= 4 is 17.4 Å². The molecule has 6 heteroatoms. The molecule has 0 unspecified atom stereocenters. The molecule has 1 aliphatic heterocycles. The summed E-state index contributed by atoms with van der Waals surface area (Å²) >= 11 is 5.86. The first-order chi connectivity index (χ1) is 8.29. The van der Waals surface area contributed by atoms with Crippen LogP contribution in [0.5, 0.6) is 0 Å². The smallest absolute Gasteiger partial charge is 0.134 e. The average molecular weight is 257 g/mol. The van der Waals surface area contributed by atoms with Gasteiger partial charge in [0, 0.05) is 32.2 Å². The quantitative estimate of drug-likeness (QED) is 0.805. The molecule has 17 heavy (non-hydrogen) atoms. The summed E-state index contributed by atoms with van der Waals surface area (Å²) in [5, 5.41) is 9.41. The Bertz CT molecular complexity index is 363. The summed E-state index contributed by atoms with van der Waals surface area (Å²) in [6.45, 7) is 4.82. The van der Waals surface area contributed by atoms with Crippen molar-refractivity contribution in [1.82, 2.24) is 14.9 Å². The van der Waals surface area contributed by atoms with Crippen molar-refractivity contribution in [3.8, 4) is 0 Å². The third-order valence-electron chi connectivity index (χ3n) is 2.95. The van der Waals surface area contributed by atoms with Gasteiger partial charge >= 0.3 is 0 Å². The Morgan fingerprint density at radius 1 is 1.24 bits per heavy atom. The van der Waals surface area contributed by atoms with Gasteiger partial charge < -0.3 is 10.0 Å². The van der Waals surface area contributed by atoms with Gasteiger partial charge in [0.1, 0.15) is 17.3 Å². The van der Waals surface area contributed by atoms with Crippen LogP contribution in [0.3, 0.4) is 0 Å². The molecule has 5 nitrogen and oxygen atoms in total. The van der Waals surface area contributed by atoms with E-state index in [1.54, 1.807) is 6.07 Å². The van der Waals surface area contributed by atoms with E-state index >= 15 is 0 Å². The fourth-order valence-electron chi connectivity index (χ4n) is 2.06. The van der Waals surface area contributed by atoms with E-state index in [1.165, 1.54) is 6.33 Å². The van der Waals surface area contributed by atoms with Crippen molar-refractivity contribution < 1.29 is 5.11 Å². The molecule has 1 N–H and O–H groups in total. The van der Waals surface area contributed by atoms with Crippen LogP contribution in [-0.2, 0) is 0 Å². The van der Waals surface area contributed by atoms with Gasteiger partial charge in [0.2, 0.25) is 0 Å². The molecule has 1 fully saturated rings. The van der Waals surface area contributed by atoms with Crippen LogP contribution in [0, 0.1) is 0 Å². The van der Waals surface area contributed by atoms with Gasteiger partial charge in [0.05, 0.1) is 6.61 Å². The second-order valence-electron chi connectivity index (χ2n) is 4.10. The Hall–Kier alpha value is -0.910. The number of rotatable bonds is 3. The van der Waals surface area contributed by atoms with Crippen molar-refractivity contribution in [1.29, 1.82) is 0 Å². The molecule has 0 amide bonds. The molecule has 0 saturated carbocycles. The summed E-state index contributed by atoms with van der Waals surface area (Å²) in [4.78, 5) is 12.6. The fourth-order valence-corrected chi connectivity index (χ4v) is 2.20. The minimum absolute atomic E-state index is 0.222. The molecule has 0 aromatic carbocycles. The van der Waals surface area contributed by atoms with Crippen molar-refractivity contribution in [2.45, 2.75) is 6.42 Å². The fraction of sp³-hybridized carbons (Fsp3) is 0.636. The standard InChI is InChI=1S/C11H17ClN4O/c12-10-8-11(14-9-13-10)16-3-1-2-15(4-5-16)6-7-17/h8-9,17H,1-7H2. The monoisotopic (exact) mass is 256 g/mol. The van der Waals surface area contributed by atoms with Crippen molar-refractivity contribution in [2.24, 2.45) is 0 Å². The molecular weight excluding hydrogens is 240 g/mol. The van der Waals surface area contributed by atoms with Gasteiger partial charge in [-0.3, -0.25) is 4.90 Å². The Balaban J connectivity index is 1.99. The number of halogens is 1. The van der Waals surface area contributed by atoms with Gasteiger partial charge in [-0.15, -0.1) is 0 Å². The molecule has 94 valence electrons. The normalized spacial score (nSPS) is 18.1. The SMILES string of the molecule is OCCN1CCCN(c2cc(Cl)ncn2)CC1. The van der Waals surface area contributed by atoms with Gasteiger partial charge in [0.25, 0.3) is 0 Å². The van der Waals surface area contributed by atoms with E-state index in [0.29, 0.717) is 5.15 Å². The Kier molecular flexibility index (Phi) is 4.53. The van der Waals surface area contributed by atoms with Gasteiger partial charge in [-0.05, 0) is 13.0 Å². The predicted octanol–water partition coefficient (Wildman–Crippen LogP) is 0.634. The zero-order valence-corrected chi connectivity index (χ0v) is 10.5. The second-order valence-corrected chi connectivity index (χ2v) is 4.49. The molecule has 1 saturated heterocycles. The lowest BCUT2D eigenvalue weighted by atomic mass is 10.4. The lowest BCUT2D eigenvalue weighted by Crippen LogP contribution is -2.32. The van der Waals surface area contributed by atoms with Gasteiger partial charge in [-0.1, -0.05) is 11.6 Å². The van der Waals surface area contributed by atoms with Crippen molar-refractivity contribution in [3.05, 3.63) is 17.5 Å². The van der Waals surface area contributed by atoms with E-state index in [1.807, 2.05) is 0 Å². The zero-order valence-electron chi connectivity index (χ0n) is 9.72. The van der Waals surface area contributed by atoms with Crippen LogP contribution < -0.4 is 4.90 Å². The maximum atomic E-state index is 8.94. The number of hydrogen-bond donors (Lipinski definition) is 1. The molecule has 0 bridgehead atoms. The Morgan fingerprint density at radius 2 is 2.12 bits per heavy atom. The maximum Gasteiger partial charge on any atom is 0.134 e. The number of aliphatic hydroxyl groups excluding tert-OH is 1. The lowest BCUT2D eigenvalue weighted by Gasteiger charge is -2.22. The van der Waals surface area contributed by atoms with Gasteiger partial charge in [-0.2, -0.15) is 0 Å². The molecule has 0 atom stereocenters. The summed E-state index contributed by atoms with van der Waals surface area (Å²) in [5.41, 5.74) is 0. The van der Waals surface area contributed by atoms with Crippen LogP contribution in [-0.4, -0.2) is 59.3 Å². The number of anilines is 1. The molecule has 0 spiro atoms. The molecule has 1 aliphatic rings. The zero-order chi connectivity index (χ0) is 12.1. The van der Waals surface area contributed by atoms with Crippen LogP contribution in [0.15, 0.2) is 12.4 Å². The Morgan fingerprint density at radius 3 is 2.88 bits per heavy atom.